The van der Waals surface area contributed by atoms with Crippen molar-refractivity contribution in [1.29, 1.82) is 0 Å². The molecule has 1 N–H and O–H groups in total. The molecule has 3 heteroatoms. The fraction of sp³-hybridized carbons (Fsp3) is 1.00. The van der Waals surface area contributed by atoms with Crippen LogP contribution in [0.15, 0.2) is 0 Å². The molecule has 1 atom stereocenters. The lowest BCUT2D eigenvalue weighted by molar-refractivity contribution is 0.237. The normalized spacial score (nSPS) is 15.0. The van der Waals surface area contributed by atoms with E-state index >= 15 is 0 Å². The monoisotopic (exact) mass is 142 g/mol. The number of halogens is 2. The predicted octanol–water partition coefficient (Wildman–Crippen LogP) is 0.669. The van der Waals surface area contributed by atoms with Gasteiger partial charge in [0, 0.05) is 0 Å². The van der Waals surface area contributed by atoms with E-state index in [0.29, 0.717) is 0 Å². The van der Waals surface area contributed by atoms with Gasteiger partial charge in [-0.15, -0.1) is 0 Å². The number of hydrogen-bond acceptors (Lipinski definition) is 1. The standard InChI is InChI=1S/C2H4BrFO/c3-2(4)1-5/h2,5H,1H2. The van der Waals surface area contributed by atoms with Crippen LogP contribution in [-0.2, 0) is 0 Å². The van der Waals surface area contributed by atoms with E-state index in [2.05, 4.69) is 15.9 Å². The number of aliphatic hydroxyl groups excluding tert-OH is 1. The molecule has 0 aliphatic rings. The van der Waals surface area contributed by atoms with Gasteiger partial charge in [-0.25, -0.2) is 4.39 Å². The molecule has 0 bridgehead atoms. The van der Waals surface area contributed by atoms with E-state index in [1.807, 2.05) is 0 Å². The first-order valence-corrected chi connectivity index (χ1v) is 2.08. The maximum atomic E-state index is 11.1. The van der Waals surface area contributed by atoms with Crippen LogP contribution in [0.2, 0.25) is 0 Å². The smallest absolute Gasteiger partial charge is 0.177 e. The van der Waals surface area contributed by atoms with Crippen molar-refractivity contribution in [2.45, 2.75) is 5.08 Å². The topological polar surface area (TPSA) is 20.2 Å². The minimum atomic E-state index is -1.25. The Morgan fingerprint density at radius 2 is 2.20 bits per heavy atom. The number of aliphatic hydroxyl groups is 1. The second kappa shape index (κ2) is 2.60. The molecule has 0 aromatic heterocycles. The average Bonchev–Trinajstić information content (AvgIpc) is 1.38. The Morgan fingerprint density at radius 3 is 2.20 bits per heavy atom. The minimum Gasteiger partial charge on any atom is -0.392 e. The Bertz CT molecular complexity index is 23.6. The van der Waals surface area contributed by atoms with Crippen LogP contribution >= 0.6 is 15.9 Å². The summed E-state index contributed by atoms with van der Waals surface area (Å²) >= 11 is 2.46. The molecule has 0 aromatic carbocycles. The zero-order valence-corrected chi connectivity index (χ0v) is 4.07. The summed E-state index contributed by atoms with van der Waals surface area (Å²) in [5, 5.41) is 6.47. The molecule has 0 aromatic rings. The Morgan fingerprint density at radius 1 is 2.00 bits per heavy atom. The summed E-state index contributed by atoms with van der Waals surface area (Å²) < 4.78 is 11.1. The van der Waals surface area contributed by atoms with Crippen LogP contribution < -0.4 is 0 Å². The summed E-state index contributed by atoms with van der Waals surface area (Å²) in [6.07, 6.45) is 0. The molecule has 5 heavy (non-hydrogen) atoms. The summed E-state index contributed by atoms with van der Waals surface area (Å²) in [6.45, 7) is -0.444. The highest BCUT2D eigenvalue weighted by Gasteiger charge is 1.89. The van der Waals surface area contributed by atoms with Crippen molar-refractivity contribution >= 4 is 15.9 Å². The first-order valence-electron chi connectivity index (χ1n) is 1.16. The second-order valence-electron chi connectivity index (χ2n) is 0.574. The molecule has 0 rings (SSSR count). The van der Waals surface area contributed by atoms with Crippen molar-refractivity contribution in [3.63, 3.8) is 0 Å². The molecule has 0 radical (unpaired) electrons. The van der Waals surface area contributed by atoms with Crippen molar-refractivity contribution in [3.8, 4) is 0 Å². The van der Waals surface area contributed by atoms with Gasteiger partial charge in [0.1, 0.15) is 0 Å². The van der Waals surface area contributed by atoms with Gasteiger partial charge in [0.2, 0.25) is 0 Å². The summed E-state index contributed by atoms with van der Waals surface area (Å²) in [5.74, 6) is 0. The van der Waals surface area contributed by atoms with Crippen molar-refractivity contribution < 1.29 is 9.50 Å². The van der Waals surface area contributed by atoms with Crippen molar-refractivity contribution in [2.75, 3.05) is 6.61 Å². The quantitative estimate of drug-likeness (QED) is 0.534. The number of rotatable bonds is 1. The van der Waals surface area contributed by atoms with E-state index in [4.69, 9.17) is 5.11 Å². The highest BCUT2D eigenvalue weighted by molar-refractivity contribution is 9.09. The SMILES string of the molecule is OCC(F)Br. The second-order valence-corrected chi connectivity index (χ2v) is 1.57. The Kier molecular flexibility index (Phi) is 2.79. The van der Waals surface area contributed by atoms with Gasteiger partial charge in [-0.1, -0.05) is 0 Å². The molecule has 0 aliphatic heterocycles. The lowest BCUT2D eigenvalue weighted by Crippen LogP contribution is -1.91. The van der Waals surface area contributed by atoms with Gasteiger partial charge in [0.25, 0.3) is 0 Å². The van der Waals surface area contributed by atoms with E-state index < -0.39 is 11.7 Å². The molecule has 32 valence electrons. The minimum absolute atomic E-state index is 0.444. The van der Waals surface area contributed by atoms with Crippen molar-refractivity contribution in [3.05, 3.63) is 0 Å². The van der Waals surface area contributed by atoms with Crippen LogP contribution in [0.3, 0.4) is 0 Å². The molecule has 0 heterocycles. The molecule has 1 unspecified atom stereocenters. The summed E-state index contributed by atoms with van der Waals surface area (Å²) in [6, 6.07) is 0. The van der Waals surface area contributed by atoms with E-state index in [1.165, 1.54) is 0 Å². The van der Waals surface area contributed by atoms with E-state index in [1.54, 1.807) is 0 Å². The zero-order valence-electron chi connectivity index (χ0n) is 2.49. The van der Waals surface area contributed by atoms with Gasteiger partial charge in [0.05, 0.1) is 6.61 Å². The lowest BCUT2D eigenvalue weighted by Gasteiger charge is -1.83. The highest BCUT2D eigenvalue weighted by atomic mass is 79.9. The van der Waals surface area contributed by atoms with E-state index in [0.717, 1.165) is 0 Å². The Balaban J connectivity index is 2.54. The van der Waals surface area contributed by atoms with Crippen molar-refractivity contribution in [1.82, 2.24) is 0 Å². The molecule has 1 nitrogen and oxygen atoms in total. The van der Waals surface area contributed by atoms with Crippen LogP contribution in [0.25, 0.3) is 0 Å². The van der Waals surface area contributed by atoms with Gasteiger partial charge in [-0.2, -0.15) is 0 Å². The maximum Gasteiger partial charge on any atom is 0.177 e. The van der Waals surface area contributed by atoms with Gasteiger partial charge in [0.15, 0.2) is 5.08 Å². The Labute approximate surface area is 37.9 Å². The van der Waals surface area contributed by atoms with Crippen LogP contribution in [-0.4, -0.2) is 16.8 Å². The molecular formula is C2H4BrFO. The van der Waals surface area contributed by atoms with Crippen molar-refractivity contribution in [2.24, 2.45) is 0 Å². The van der Waals surface area contributed by atoms with Gasteiger partial charge < -0.3 is 5.11 Å². The van der Waals surface area contributed by atoms with Gasteiger partial charge in [-0.3, -0.25) is 0 Å². The fourth-order valence-corrected chi connectivity index (χ4v) is 0. The number of alkyl halides is 2. The molecule has 0 spiro atoms. The molecule has 0 saturated carbocycles. The zero-order chi connectivity index (χ0) is 4.28. The predicted molar refractivity (Wildman–Crippen MR) is 20.9 cm³/mol. The molecule has 0 fully saturated rings. The molecular weight excluding hydrogens is 139 g/mol. The molecule has 0 saturated heterocycles. The highest BCUT2D eigenvalue weighted by Crippen LogP contribution is 1.95. The van der Waals surface area contributed by atoms with Crippen LogP contribution in [0.1, 0.15) is 0 Å². The first kappa shape index (κ1) is 5.37. The largest absolute Gasteiger partial charge is 0.392 e. The maximum absolute atomic E-state index is 11.1. The van der Waals surface area contributed by atoms with Crippen LogP contribution in [0.5, 0.6) is 0 Å². The third kappa shape index (κ3) is 4.37. The summed E-state index contributed by atoms with van der Waals surface area (Å²) in [5.41, 5.74) is 0. The van der Waals surface area contributed by atoms with Gasteiger partial charge >= 0.3 is 0 Å². The van der Waals surface area contributed by atoms with Gasteiger partial charge in [-0.05, 0) is 15.9 Å². The molecule has 0 aliphatic carbocycles. The van der Waals surface area contributed by atoms with Crippen LogP contribution in [0, 0.1) is 0 Å². The van der Waals surface area contributed by atoms with E-state index in [9.17, 15) is 4.39 Å². The Hall–Kier alpha value is 0.370. The summed E-state index contributed by atoms with van der Waals surface area (Å²) in [7, 11) is 0. The third-order valence-corrected chi connectivity index (χ3v) is 0.428. The fourth-order valence-electron chi connectivity index (χ4n) is 0. The lowest BCUT2D eigenvalue weighted by atomic mass is 10.8. The molecule has 0 amide bonds. The van der Waals surface area contributed by atoms with E-state index in [-0.39, 0.29) is 0 Å². The van der Waals surface area contributed by atoms with Crippen LogP contribution in [0.4, 0.5) is 4.39 Å². The third-order valence-electron chi connectivity index (χ3n) is 0.138. The average molecular weight is 143 g/mol. The first-order chi connectivity index (χ1) is 2.27. The number of hydrogen-bond donors (Lipinski definition) is 1. The summed E-state index contributed by atoms with van der Waals surface area (Å²) in [4.78, 5) is 0.